The molecular weight excluding hydrogens is 244 g/mol. The van der Waals surface area contributed by atoms with Crippen molar-refractivity contribution in [2.24, 2.45) is 13.0 Å². The number of ether oxygens (including phenoxy) is 1. The van der Waals surface area contributed by atoms with Crippen molar-refractivity contribution in [1.82, 2.24) is 14.7 Å². The van der Waals surface area contributed by atoms with E-state index >= 15 is 0 Å². The highest BCUT2D eigenvalue weighted by molar-refractivity contribution is 5.89. The molecule has 2 amide bonds. The molecule has 0 aromatic carbocycles. The van der Waals surface area contributed by atoms with Crippen molar-refractivity contribution >= 4 is 11.7 Å². The first kappa shape index (κ1) is 13.9. The highest BCUT2D eigenvalue weighted by Gasteiger charge is 2.27. The van der Waals surface area contributed by atoms with E-state index in [0.29, 0.717) is 25.7 Å². The Bertz CT molecular complexity index is 430. The number of aryl methyl sites for hydroxylation is 1. The number of urea groups is 1. The van der Waals surface area contributed by atoms with Gasteiger partial charge in [-0.25, -0.2) is 4.79 Å². The summed E-state index contributed by atoms with van der Waals surface area (Å²) in [5.41, 5.74) is 0.724. The van der Waals surface area contributed by atoms with E-state index in [9.17, 15) is 4.79 Å². The third kappa shape index (κ3) is 3.70. The average Bonchev–Trinajstić information content (AvgIpc) is 2.74. The minimum absolute atomic E-state index is 0.0676. The van der Waals surface area contributed by atoms with E-state index in [1.54, 1.807) is 17.1 Å². The largest absolute Gasteiger partial charge is 0.377 e. The van der Waals surface area contributed by atoms with Gasteiger partial charge in [0.2, 0.25) is 0 Å². The van der Waals surface area contributed by atoms with Gasteiger partial charge in [0.05, 0.1) is 31.1 Å². The Balaban J connectivity index is 1.98. The number of anilines is 1. The predicted octanol–water partition coefficient (Wildman–Crippen LogP) is 1.70. The Labute approximate surface area is 113 Å². The van der Waals surface area contributed by atoms with Crippen LogP contribution in [0.5, 0.6) is 0 Å². The van der Waals surface area contributed by atoms with Gasteiger partial charge in [0.1, 0.15) is 0 Å². The Hall–Kier alpha value is -1.56. The molecule has 0 aliphatic carbocycles. The molecule has 106 valence electrons. The number of morpholine rings is 1. The number of nitrogens with zero attached hydrogens (tertiary/aromatic N) is 3. The van der Waals surface area contributed by atoms with Gasteiger partial charge < -0.3 is 15.0 Å². The van der Waals surface area contributed by atoms with Crippen LogP contribution in [0.25, 0.3) is 0 Å². The van der Waals surface area contributed by atoms with Gasteiger partial charge in [-0.05, 0) is 12.3 Å². The van der Waals surface area contributed by atoms with Crippen molar-refractivity contribution in [3.05, 3.63) is 12.4 Å². The normalized spacial score (nSPS) is 19.8. The summed E-state index contributed by atoms with van der Waals surface area (Å²) in [6, 6.07) is 0.0902. The predicted molar refractivity (Wildman–Crippen MR) is 73.0 cm³/mol. The maximum atomic E-state index is 12.3. The van der Waals surface area contributed by atoms with Crippen LogP contribution in [0.2, 0.25) is 0 Å². The standard InChI is InChI=1S/C13H22N4O2/c1-10(2)6-12-9-19-5-4-17(12)13(18)15-11-7-14-16(3)8-11/h7-8,10,12H,4-6,9H2,1-3H3,(H,15,18). The third-order valence-electron chi connectivity index (χ3n) is 3.19. The molecule has 0 bridgehead atoms. The molecule has 1 saturated heterocycles. The first-order valence-corrected chi connectivity index (χ1v) is 6.70. The Morgan fingerprint density at radius 3 is 3.05 bits per heavy atom. The van der Waals surface area contributed by atoms with Crippen molar-refractivity contribution in [3.8, 4) is 0 Å². The van der Waals surface area contributed by atoms with Crippen LogP contribution in [0.4, 0.5) is 10.5 Å². The second-order valence-electron chi connectivity index (χ2n) is 5.38. The zero-order valence-corrected chi connectivity index (χ0v) is 11.8. The van der Waals surface area contributed by atoms with Crippen LogP contribution in [0.1, 0.15) is 20.3 Å². The molecule has 0 radical (unpaired) electrons. The number of carbonyl (C=O) groups is 1. The first-order chi connectivity index (χ1) is 9.06. The SMILES string of the molecule is CC(C)CC1COCCN1C(=O)Nc1cnn(C)c1. The number of carbonyl (C=O) groups excluding carboxylic acids is 1. The van der Waals surface area contributed by atoms with Gasteiger partial charge in [-0.1, -0.05) is 13.8 Å². The maximum absolute atomic E-state index is 12.3. The topological polar surface area (TPSA) is 59.4 Å². The van der Waals surface area contributed by atoms with E-state index in [1.807, 2.05) is 11.9 Å². The molecule has 0 spiro atoms. The smallest absolute Gasteiger partial charge is 0.322 e. The molecule has 1 aliphatic rings. The van der Waals surface area contributed by atoms with Crippen LogP contribution in [0.3, 0.4) is 0 Å². The summed E-state index contributed by atoms with van der Waals surface area (Å²) < 4.78 is 7.15. The Morgan fingerprint density at radius 1 is 1.63 bits per heavy atom. The monoisotopic (exact) mass is 266 g/mol. The lowest BCUT2D eigenvalue weighted by Crippen LogP contribution is -2.50. The summed E-state index contributed by atoms with van der Waals surface area (Å²) in [7, 11) is 1.83. The van der Waals surface area contributed by atoms with Crippen LogP contribution in [0.15, 0.2) is 12.4 Å². The molecule has 19 heavy (non-hydrogen) atoms. The van der Waals surface area contributed by atoms with Gasteiger partial charge in [-0.15, -0.1) is 0 Å². The van der Waals surface area contributed by atoms with E-state index in [-0.39, 0.29) is 12.1 Å². The molecule has 6 heteroatoms. The average molecular weight is 266 g/mol. The fourth-order valence-corrected chi connectivity index (χ4v) is 2.34. The summed E-state index contributed by atoms with van der Waals surface area (Å²) in [6.07, 6.45) is 4.39. The van der Waals surface area contributed by atoms with Crippen LogP contribution in [0, 0.1) is 5.92 Å². The zero-order valence-electron chi connectivity index (χ0n) is 11.8. The van der Waals surface area contributed by atoms with Crippen molar-refractivity contribution < 1.29 is 9.53 Å². The van der Waals surface area contributed by atoms with Crippen molar-refractivity contribution in [2.45, 2.75) is 26.3 Å². The second kappa shape index (κ2) is 6.06. The molecule has 2 heterocycles. The van der Waals surface area contributed by atoms with E-state index in [2.05, 4.69) is 24.3 Å². The Kier molecular flexibility index (Phi) is 4.42. The molecule has 6 nitrogen and oxygen atoms in total. The number of hydrogen-bond acceptors (Lipinski definition) is 3. The molecule has 1 aromatic rings. The quantitative estimate of drug-likeness (QED) is 0.906. The molecular formula is C13H22N4O2. The Morgan fingerprint density at radius 2 is 2.42 bits per heavy atom. The number of amides is 2. The summed E-state index contributed by atoms with van der Waals surface area (Å²) in [6.45, 7) is 6.19. The third-order valence-corrected chi connectivity index (χ3v) is 3.19. The van der Waals surface area contributed by atoms with Crippen molar-refractivity contribution in [1.29, 1.82) is 0 Å². The molecule has 1 aromatic heterocycles. The highest BCUT2D eigenvalue weighted by atomic mass is 16.5. The highest BCUT2D eigenvalue weighted by Crippen LogP contribution is 2.17. The van der Waals surface area contributed by atoms with Gasteiger partial charge in [-0.2, -0.15) is 5.10 Å². The number of hydrogen-bond donors (Lipinski definition) is 1. The fourth-order valence-electron chi connectivity index (χ4n) is 2.34. The van der Waals surface area contributed by atoms with Crippen LogP contribution in [-0.2, 0) is 11.8 Å². The van der Waals surface area contributed by atoms with Gasteiger partial charge >= 0.3 is 6.03 Å². The fraction of sp³-hybridized carbons (Fsp3) is 0.692. The lowest BCUT2D eigenvalue weighted by Gasteiger charge is -2.36. The summed E-state index contributed by atoms with van der Waals surface area (Å²) in [5.74, 6) is 0.542. The number of nitrogens with one attached hydrogen (secondary N) is 1. The van der Waals surface area contributed by atoms with E-state index in [0.717, 1.165) is 12.1 Å². The zero-order chi connectivity index (χ0) is 13.8. The van der Waals surface area contributed by atoms with Crippen molar-refractivity contribution in [2.75, 3.05) is 25.1 Å². The van der Waals surface area contributed by atoms with Gasteiger partial charge in [-0.3, -0.25) is 4.68 Å². The minimum Gasteiger partial charge on any atom is -0.377 e. The van der Waals surface area contributed by atoms with Crippen LogP contribution >= 0.6 is 0 Å². The lowest BCUT2D eigenvalue weighted by atomic mass is 10.0. The van der Waals surface area contributed by atoms with E-state index in [4.69, 9.17) is 4.74 Å². The summed E-state index contributed by atoms with van der Waals surface area (Å²) >= 11 is 0. The van der Waals surface area contributed by atoms with Crippen molar-refractivity contribution in [3.63, 3.8) is 0 Å². The van der Waals surface area contributed by atoms with Crippen LogP contribution < -0.4 is 5.32 Å². The van der Waals surface area contributed by atoms with Crippen LogP contribution in [-0.4, -0.2) is 46.5 Å². The first-order valence-electron chi connectivity index (χ1n) is 6.70. The number of aromatic nitrogens is 2. The second-order valence-corrected chi connectivity index (χ2v) is 5.38. The van der Waals surface area contributed by atoms with Gasteiger partial charge in [0.25, 0.3) is 0 Å². The van der Waals surface area contributed by atoms with Gasteiger partial charge in [0.15, 0.2) is 0 Å². The molecule has 0 saturated carbocycles. The van der Waals surface area contributed by atoms with Gasteiger partial charge in [0, 0.05) is 19.8 Å². The molecule has 2 rings (SSSR count). The molecule has 1 aliphatic heterocycles. The maximum Gasteiger partial charge on any atom is 0.322 e. The molecule has 1 unspecified atom stereocenters. The minimum atomic E-state index is -0.0676. The summed E-state index contributed by atoms with van der Waals surface area (Å²) in [5, 5.41) is 6.92. The van der Waals surface area contributed by atoms with E-state index < -0.39 is 0 Å². The summed E-state index contributed by atoms with van der Waals surface area (Å²) in [4.78, 5) is 14.2. The molecule has 1 N–H and O–H groups in total. The number of rotatable bonds is 3. The van der Waals surface area contributed by atoms with E-state index in [1.165, 1.54) is 0 Å². The molecule has 1 fully saturated rings. The lowest BCUT2D eigenvalue weighted by molar-refractivity contribution is 0.00857. The molecule has 1 atom stereocenters.